The molecular weight excluding hydrogens is 244 g/mol. The van der Waals surface area contributed by atoms with Crippen molar-refractivity contribution in [2.45, 2.75) is 19.4 Å². The summed E-state index contributed by atoms with van der Waals surface area (Å²) in [5, 5.41) is 1.15. The number of rotatable bonds is 3. The van der Waals surface area contributed by atoms with Crippen LogP contribution in [0.3, 0.4) is 0 Å². The smallest absolute Gasteiger partial charge is 0.0705 e. The van der Waals surface area contributed by atoms with Crippen molar-refractivity contribution in [3.8, 4) is 0 Å². The molecule has 0 bridgehead atoms. The second-order valence-electron chi connectivity index (χ2n) is 4.99. The lowest BCUT2D eigenvalue weighted by Gasteiger charge is -2.16. The molecule has 1 atom stereocenters. The lowest BCUT2D eigenvalue weighted by molar-refractivity contribution is 0.851. The van der Waals surface area contributed by atoms with Gasteiger partial charge in [-0.1, -0.05) is 49.4 Å². The van der Waals surface area contributed by atoms with Crippen LogP contribution in [0.2, 0.25) is 0 Å². The minimum Gasteiger partial charge on any atom is -0.320 e. The number of hydrogen-bond acceptors (Lipinski definition) is 2. The molecule has 0 aliphatic carbocycles. The van der Waals surface area contributed by atoms with E-state index in [1.54, 1.807) is 0 Å². The largest absolute Gasteiger partial charge is 0.320 e. The summed E-state index contributed by atoms with van der Waals surface area (Å²) >= 11 is 0. The van der Waals surface area contributed by atoms with Crippen LogP contribution in [0.1, 0.15) is 29.7 Å². The molecule has 20 heavy (non-hydrogen) atoms. The highest BCUT2D eigenvalue weighted by Crippen LogP contribution is 2.25. The van der Waals surface area contributed by atoms with Gasteiger partial charge in [0, 0.05) is 11.6 Å². The Morgan fingerprint density at radius 1 is 1.05 bits per heavy atom. The van der Waals surface area contributed by atoms with E-state index in [2.05, 4.69) is 54.4 Å². The van der Waals surface area contributed by atoms with Crippen molar-refractivity contribution in [1.29, 1.82) is 0 Å². The molecule has 3 aromatic rings. The first kappa shape index (κ1) is 12.8. The van der Waals surface area contributed by atoms with Gasteiger partial charge in [-0.15, -0.1) is 0 Å². The molecule has 100 valence electrons. The van der Waals surface area contributed by atoms with Gasteiger partial charge in [-0.25, -0.2) is 0 Å². The molecule has 1 heterocycles. The Morgan fingerprint density at radius 2 is 1.90 bits per heavy atom. The number of aromatic nitrogens is 1. The first-order valence-electron chi connectivity index (χ1n) is 6.97. The monoisotopic (exact) mass is 262 g/mol. The summed E-state index contributed by atoms with van der Waals surface area (Å²) in [6.45, 7) is 2.16. The van der Waals surface area contributed by atoms with Crippen molar-refractivity contribution >= 4 is 10.9 Å². The normalized spacial score (nSPS) is 12.5. The fraction of sp³-hybridized carbons (Fsp3) is 0.167. The van der Waals surface area contributed by atoms with Crippen LogP contribution in [0.15, 0.2) is 60.8 Å². The van der Waals surface area contributed by atoms with Gasteiger partial charge in [-0.2, -0.15) is 0 Å². The third kappa shape index (κ3) is 2.30. The van der Waals surface area contributed by atoms with Crippen LogP contribution in [0, 0.1) is 0 Å². The number of aryl methyl sites for hydroxylation is 1. The molecule has 0 fully saturated rings. The van der Waals surface area contributed by atoms with Crippen molar-refractivity contribution < 1.29 is 0 Å². The maximum Gasteiger partial charge on any atom is 0.0705 e. The predicted molar refractivity (Wildman–Crippen MR) is 83.6 cm³/mol. The van der Waals surface area contributed by atoms with Crippen LogP contribution >= 0.6 is 0 Å². The Hall–Kier alpha value is -2.19. The SMILES string of the molecule is CCc1ccccc1C(N)c1ccc2cccnc2c1. The van der Waals surface area contributed by atoms with Gasteiger partial charge in [0.2, 0.25) is 0 Å². The number of fused-ring (bicyclic) bond motifs is 1. The minimum atomic E-state index is -0.0995. The van der Waals surface area contributed by atoms with E-state index in [1.165, 1.54) is 11.1 Å². The second-order valence-corrected chi connectivity index (χ2v) is 4.99. The molecule has 0 saturated carbocycles. The van der Waals surface area contributed by atoms with Crippen LogP contribution in [0.4, 0.5) is 0 Å². The Kier molecular flexibility index (Phi) is 3.48. The van der Waals surface area contributed by atoms with Gasteiger partial charge in [0.05, 0.1) is 11.6 Å². The molecule has 1 aromatic heterocycles. The van der Waals surface area contributed by atoms with Gasteiger partial charge in [-0.3, -0.25) is 4.98 Å². The number of pyridine rings is 1. The Morgan fingerprint density at radius 3 is 2.75 bits per heavy atom. The van der Waals surface area contributed by atoms with E-state index in [1.807, 2.05) is 18.3 Å². The lowest BCUT2D eigenvalue weighted by atomic mass is 9.93. The summed E-state index contributed by atoms with van der Waals surface area (Å²) in [6.07, 6.45) is 2.81. The number of hydrogen-bond donors (Lipinski definition) is 1. The van der Waals surface area contributed by atoms with Gasteiger partial charge >= 0.3 is 0 Å². The fourth-order valence-electron chi connectivity index (χ4n) is 2.62. The highest BCUT2D eigenvalue weighted by Gasteiger charge is 2.12. The van der Waals surface area contributed by atoms with Gasteiger partial charge in [0.25, 0.3) is 0 Å². The fourth-order valence-corrected chi connectivity index (χ4v) is 2.62. The summed E-state index contributed by atoms with van der Waals surface area (Å²) in [6, 6.07) is 18.6. The van der Waals surface area contributed by atoms with E-state index in [9.17, 15) is 0 Å². The zero-order valence-corrected chi connectivity index (χ0v) is 11.6. The number of benzene rings is 2. The van der Waals surface area contributed by atoms with Crippen molar-refractivity contribution in [1.82, 2.24) is 4.98 Å². The molecule has 0 aliphatic rings. The van der Waals surface area contributed by atoms with E-state index in [-0.39, 0.29) is 6.04 Å². The first-order valence-corrected chi connectivity index (χ1v) is 6.97. The lowest BCUT2D eigenvalue weighted by Crippen LogP contribution is -2.13. The third-order valence-corrected chi connectivity index (χ3v) is 3.76. The summed E-state index contributed by atoms with van der Waals surface area (Å²) < 4.78 is 0. The van der Waals surface area contributed by atoms with Crippen LogP contribution < -0.4 is 5.73 Å². The first-order chi connectivity index (χ1) is 9.79. The van der Waals surface area contributed by atoms with E-state index in [0.29, 0.717) is 0 Å². The standard InChI is InChI=1S/C18H18N2/c1-2-13-6-3-4-8-16(13)18(19)15-10-9-14-7-5-11-20-17(14)12-15/h3-12,18H,2,19H2,1H3. The topological polar surface area (TPSA) is 38.9 Å². The average Bonchev–Trinajstić information content (AvgIpc) is 2.53. The second kappa shape index (κ2) is 5.43. The average molecular weight is 262 g/mol. The van der Waals surface area contributed by atoms with E-state index >= 15 is 0 Å². The molecule has 3 rings (SSSR count). The zero-order valence-electron chi connectivity index (χ0n) is 11.6. The van der Waals surface area contributed by atoms with Gasteiger partial charge in [0.1, 0.15) is 0 Å². The van der Waals surface area contributed by atoms with Crippen molar-refractivity contribution in [3.05, 3.63) is 77.5 Å². The summed E-state index contributed by atoms with van der Waals surface area (Å²) in [7, 11) is 0. The Labute approximate surface area is 119 Å². The highest BCUT2D eigenvalue weighted by molar-refractivity contribution is 5.79. The predicted octanol–water partition coefficient (Wildman–Crippen LogP) is 3.85. The van der Waals surface area contributed by atoms with Gasteiger partial charge in [-0.05, 0) is 35.2 Å². The molecule has 0 amide bonds. The molecule has 2 nitrogen and oxygen atoms in total. The number of nitrogens with zero attached hydrogens (tertiary/aromatic N) is 1. The van der Waals surface area contributed by atoms with Crippen molar-refractivity contribution in [3.63, 3.8) is 0 Å². The van der Waals surface area contributed by atoms with E-state index < -0.39 is 0 Å². The quantitative estimate of drug-likeness (QED) is 0.778. The molecule has 2 heteroatoms. The van der Waals surface area contributed by atoms with E-state index in [0.717, 1.165) is 22.9 Å². The molecule has 2 aromatic carbocycles. The summed E-state index contributed by atoms with van der Waals surface area (Å²) in [5.74, 6) is 0. The molecule has 0 aliphatic heterocycles. The highest BCUT2D eigenvalue weighted by atomic mass is 14.7. The minimum absolute atomic E-state index is 0.0995. The summed E-state index contributed by atoms with van der Waals surface area (Å²) in [5.41, 5.74) is 11.1. The van der Waals surface area contributed by atoms with Gasteiger partial charge in [0.15, 0.2) is 0 Å². The molecule has 1 unspecified atom stereocenters. The van der Waals surface area contributed by atoms with Crippen LogP contribution in [0.5, 0.6) is 0 Å². The van der Waals surface area contributed by atoms with Crippen LogP contribution in [0.25, 0.3) is 10.9 Å². The molecule has 0 spiro atoms. The third-order valence-electron chi connectivity index (χ3n) is 3.76. The number of nitrogens with two attached hydrogens (primary N) is 1. The zero-order chi connectivity index (χ0) is 13.9. The van der Waals surface area contributed by atoms with Crippen molar-refractivity contribution in [2.75, 3.05) is 0 Å². The van der Waals surface area contributed by atoms with Crippen LogP contribution in [-0.2, 0) is 6.42 Å². The van der Waals surface area contributed by atoms with Gasteiger partial charge < -0.3 is 5.73 Å². The molecule has 2 N–H and O–H groups in total. The molecule has 0 saturated heterocycles. The Bertz CT molecular complexity index is 734. The maximum atomic E-state index is 6.46. The maximum absolute atomic E-state index is 6.46. The van der Waals surface area contributed by atoms with Crippen LogP contribution in [-0.4, -0.2) is 4.98 Å². The van der Waals surface area contributed by atoms with E-state index in [4.69, 9.17) is 5.73 Å². The van der Waals surface area contributed by atoms with Crippen molar-refractivity contribution in [2.24, 2.45) is 5.73 Å². The summed E-state index contributed by atoms with van der Waals surface area (Å²) in [4.78, 5) is 4.40. The molecular formula is C18H18N2. The Balaban J connectivity index is 2.05. The molecule has 0 radical (unpaired) electrons.